The number of benzene rings is 1. The molecule has 2 heterocycles. The number of methoxy groups -OCH3 is 2. The number of ether oxygens (including phenoxy) is 2. The van der Waals surface area contributed by atoms with E-state index in [9.17, 15) is 9.59 Å². The van der Waals surface area contributed by atoms with Gasteiger partial charge in [0.25, 0.3) is 0 Å². The number of amides is 2. The first-order chi connectivity index (χ1) is 17.6. The standard InChI is InChI=1S/C28H34N2O4S2/c1-33-23-13-12-20(18-24(23)34-2)14-15-30(26(31)19-22-10-6-16-35-22)27(25-11-7-17-36-25)28(32)29-21-8-4-3-5-9-21/h6-7,10-13,16-18,21,27H,3-5,8-9,14-15,19H2,1-2H3,(H,29,32)/t27-/m1/s1. The SMILES string of the molecule is COc1ccc(CCN(C(=O)Cc2cccs2)[C@@H](C(=O)NC2CCCCC2)c2cccs2)cc1OC. The molecule has 192 valence electrons. The van der Waals surface area contributed by atoms with Crippen LogP contribution in [0.2, 0.25) is 0 Å². The molecule has 1 N–H and O–H groups in total. The Balaban J connectivity index is 1.60. The van der Waals surface area contributed by atoms with Gasteiger partial charge in [-0.25, -0.2) is 0 Å². The number of nitrogens with one attached hydrogen (secondary N) is 1. The molecule has 1 atom stereocenters. The summed E-state index contributed by atoms with van der Waals surface area (Å²) in [7, 11) is 3.22. The van der Waals surface area contributed by atoms with E-state index in [0.29, 0.717) is 24.5 Å². The van der Waals surface area contributed by atoms with Crippen molar-refractivity contribution in [2.24, 2.45) is 0 Å². The fraction of sp³-hybridized carbons (Fsp3) is 0.429. The summed E-state index contributed by atoms with van der Waals surface area (Å²) in [5.41, 5.74) is 1.01. The topological polar surface area (TPSA) is 67.9 Å². The van der Waals surface area contributed by atoms with E-state index >= 15 is 0 Å². The van der Waals surface area contributed by atoms with Crippen LogP contribution >= 0.6 is 22.7 Å². The quantitative estimate of drug-likeness (QED) is 0.352. The van der Waals surface area contributed by atoms with Crippen molar-refractivity contribution >= 4 is 34.5 Å². The molecule has 1 aliphatic rings. The van der Waals surface area contributed by atoms with Crippen molar-refractivity contribution < 1.29 is 19.1 Å². The Kier molecular flexibility index (Phi) is 9.41. The van der Waals surface area contributed by atoms with Crippen LogP contribution in [0.1, 0.15) is 53.5 Å². The molecular formula is C28H34N2O4S2. The van der Waals surface area contributed by atoms with Gasteiger partial charge in [-0.05, 0) is 59.9 Å². The van der Waals surface area contributed by atoms with Crippen LogP contribution in [-0.2, 0) is 22.4 Å². The normalized spacial score (nSPS) is 14.7. The summed E-state index contributed by atoms with van der Waals surface area (Å²) in [5.74, 6) is 1.18. The lowest BCUT2D eigenvalue weighted by atomic mass is 9.95. The summed E-state index contributed by atoms with van der Waals surface area (Å²) in [6, 6.07) is 13.1. The minimum atomic E-state index is -0.653. The van der Waals surface area contributed by atoms with Gasteiger partial charge in [0.15, 0.2) is 11.5 Å². The second kappa shape index (κ2) is 12.9. The highest BCUT2D eigenvalue weighted by atomic mass is 32.1. The number of rotatable bonds is 11. The number of carbonyl (C=O) groups excluding carboxylic acids is 2. The molecule has 0 saturated heterocycles. The molecule has 2 aromatic heterocycles. The highest BCUT2D eigenvalue weighted by Crippen LogP contribution is 2.30. The number of carbonyl (C=O) groups is 2. The molecule has 6 nitrogen and oxygen atoms in total. The van der Waals surface area contributed by atoms with Crippen molar-refractivity contribution in [1.29, 1.82) is 0 Å². The Morgan fingerprint density at radius 3 is 2.42 bits per heavy atom. The average Bonchev–Trinajstić information content (AvgIpc) is 3.61. The zero-order valence-electron chi connectivity index (χ0n) is 20.9. The molecule has 36 heavy (non-hydrogen) atoms. The second-order valence-corrected chi connectivity index (χ2v) is 11.1. The van der Waals surface area contributed by atoms with E-state index < -0.39 is 6.04 Å². The Labute approximate surface area is 221 Å². The third-order valence-corrected chi connectivity index (χ3v) is 8.44. The van der Waals surface area contributed by atoms with E-state index in [1.165, 1.54) is 17.8 Å². The van der Waals surface area contributed by atoms with Gasteiger partial charge in [0.1, 0.15) is 6.04 Å². The van der Waals surface area contributed by atoms with Crippen LogP contribution in [0.4, 0.5) is 0 Å². The first kappa shape index (κ1) is 26.2. The molecule has 0 bridgehead atoms. The average molecular weight is 527 g/mol. The van der Waals surface area contributed by atoms with Crippen LogP contribution in [0.3, 0.4) is 0 Å². The van der Waals surface area contributed by atoms with Crippen molar-refractivity contribution in [3.63, 3.8) is 0 Å². The van der Waals surface area contributed by atoms with Gasteiger partial charge in [0, 0.05) is 22.3 Å². The van der Waals surface area contributed by atoms with Crippen molar-refractivity contribution in [1.82, 2.24) is 10.2 Å². The van der Waals surface area contributed by atoms with E-state index in [0.717, 1.165) is 41.0 Å². The molecule has 1 aromatic carbocycles. The first-order valence-corrected chi connectivity index (χ1v) is 14.2. The van der Waals surface area contributed by atoms with Gasteiger partial charge in [0.05, 0.1) is 20.6 Å². The Bertz CT molecular complexity index is 1110. The predicted molar refractivity (Wildman–Crippen MR) is 145 cm³/mol. The van der Waals surface area contributed by atoms with E-state index in [1.54, 1.807) is 30.5 Å². The molecule has 3 aromatic rings. The molecule has 2 amide bonds. The third kappa shape index (κ3) is 6.68. The molecule has 4 rings (SSSR count). The molecule has 1 aliphatic carbocycles. The van der Waals surface area contributed by atoms with Gasteiger partial charge in [-0.2, -0.15) is 0 Å². The third-order valence-electron chi connectivity index (χ3n) is 6.64. The summed E-state index contributed by atoms with van der Waals surface area (Å²) in [4.78, 5) is 31.1. The van der Waals surface area contributed by atoms with Crippen LogP contribution in [0, 0.1) is 0 Å². The number of hydrogen-bond acceptors (Lipinski definition) is 6. The minimum Gasteiger partial charge on any atom is -0.493 e. The Morgan fingerprint density at radius 2 is 1.75 bits per heavy atom. The largest absolute Gasteiger partial charge is 0.493 e. The Morgan fingerprint density at radius 1 is 1.00 bits per heavy atom. The second-order valence-electron chi connectivity index (χ2n) is 9.04. The van der Waals surface area contributed by atoms with Crippen LogP contribution in [0.25, 0.3) is 0 Å². The lowest BCUT2D eigenvalue weighted by Crippen LogP contribution is -2.47. The molecule has 1 fully saturated rings. The lowest BCUT2D eigenvalue weighted by molar-refractivity contribution is -0.140. The summed E-state index contributed by atoms with van der Waals surface area (Å²) in [5, 5.41) is 7.21. The van der Waals surface area contributed by atoms with Crippen molar-refractivity contribution in [2.75, 3.05) is 20.8 Å². The number of thiophene rings is 2. The maximum absolute atomic E-state index is 13.7. The fourth-order valence-electron chi connectivity index (χ4n) is 4.75. The van der Waals surface area contributed by atoms with Crippen LogP contribution in [0.5, 0.6) is 11.5 Å². The summed E-state index contributed by atoms with van der Waals surface area (Å²) in [6.45, 7) is 0.417. The van der Waals surface area contributed by atoms with Gasteiger partial charge < -0.3 is 19.7 Å². The molecular weight excluding hydrogens is 492 g/mol. The van der Waals surface area contributed by atoms with Crippen LogP contribution in [-0.4, -0.2) is 43.5 Å². The van der Waals surface area contributed by atoms with Crippen molar-refractivity contribution in [3.05, 3.63) is 68.5 Å². The van der Waals surface area contributed by atoms with Crippen molar-refractivity contribution in [3.8, 4) is 11.5 Å². The van der Waals surface area contributed by atoms with Gasteiger partial charge in [-0.1, -0.05) is 37.5 Å². The molecule has 0 aliphatic heterocycles. The molecule has 0 spiro atoms. The fourth-order valence-corrected chi connectivity index (χ4v) is 6.28. The van der Waals surface area contributed by atoms with Crippen LogP contribution < -0.4 is 14.8 Å². The number of nitrogens with zero attached hydrogens (tertiary/aromatic N) is 1. The van der Waals surface area contributed by atoms with E-state index in [-0.39, 0.29) is 24.3 Å². The Hall–Kier alpha value is -2.84. The monoisotopic (exact) mass is 526 g/mol. The molecule has 1 saturated carbocycles. The smallest absolute Gasteiger partial charge is 0.248 e. The van der Waals surface area contributed by atoms with Crippen molar-refractivity contribution in [2.45, 2.75) is 57.0 Å². The first-order valence-electron chi connectivity index (χ1n) is 12.5. The lowest BCUT2D eigenvalue weighted by Gasteiger charge is -2.33. The zero-order valence-corrected chi connectivity index (χ0v) is 22.5. The maximum atomic E-state index is 13.7. The highest BCUT2D eigenvalue weighted by molar-refractivity contribution is 7.10. The van der Waals surface area contributed by atoms with Gasteiger partial charge in [-0.3, -0.25) is 9.59 Å². The molecule has 0 radical (unpaired) electrons. The molecule has 8 heteroatoms. The predicted octanol–water partition coefficient (Wildman–Crippen LogP) is 5.63. The van der Waals surface area contributed by atoms with E-state index in [4.69, 9.17) is 9.47 Å². The van der Waals surface area contributed by atoms with E-state index in [1.807, 2.05) is 53.2 Å². The number of hydrogen-bond donors (Lipinski definition) is 1. The summed E-state index contributed by atoms with van der Waals surface area (Å²) >= 11 is 3.08. The summed E-state index contributed by atoms with van der Waals surface area (Å²) in [6.07, 6.45) is 6.36. The van der Waals surface area contributed by atoms with E-state index in [2.05, 4.69) is 5.32 Å². The zero-order chi connectivity index (χ0) is 25.3. The van der Waals surface area contributed by atoms with Gasteiger partial charge >= 0.3 is 0 Å². The molecule has 0 unspecified atom stereocenters. The minimum absolute atomic E-state index is 0.0462. The van der Waals surface area contributed by atoms with Gasteiger partial charge in [-0.15, -0.1) is 22.7 Å². The summed E-state index contributed by atoms with van der Waals surface area (Å²) < 4.78 is 10.8. The van der Waals surface area contributed by atoms with Gasteiger partial charge in [0.2, 0.25) is 11.8 Å². The van der Waals surface area contributed by atoms with Crippen LogP contribution in [0.15, 0.2) is 53.2 Å². The highest BCUT2D eigenvalue weighted by Gasteiger charge is 2.33. The maximum Gasteiger partial charge on any atom is 0.248 e.